The average molecular weight is 397 g/mol. The molecule has 9 nitrogen and oxygen atoms in total. The summed E-state index contributed by atoms with van der Waals surface area (Å²) >= 11 is 3.25. The molecule has 1 amide bonds. The summed E-state index contributed by atoms with van der Waals surface area (Å²) in [6.07, 6.45) is 4.43. The number of hydrogen-bond donors (Lipinski definition) is 0. The highest BCUT2D eigenvalue weighted by Crippen LogP contribution is 2.21. The quantitative estimate of drug-likeness (QED) is 0.575. The van der Waals surface area contributed by atoms with Gasteiger partial charge in [-0.05, 0) is 34.8 Å². The van der Waals surface area contributed by atoms with Gasteiger partial charge in [-0.15, -0.1) is 0 Å². The molecule has 3 heterocycles. The lowest BCUT2D eigenvalue weighted by atomic mass is 10.1. The summed E-state index contributed by atoms with van der Waals surface area (Å²) in [6.45, 7) is 0.876. The first-order chi connectivity index (χ1) is 11.5. The van der Waals surface area contributed by atoms with E-state index >= 15 is 0 Å². The molecule has 1 saturated heterocycles. The SMILES string of the molecule is O=C(c1ccc([N+](=O)[O-])o1)N1CCCC(Oc2ncc(Br)cn2)C1. The van der Waals surface area contributed by atoms with E-state index in [1.165, 1.54) is 12.1 Å². The highest BCUT2D eigenvalue weighted by atomic mass is 79.9. The van der Waals surface area contributed by atoms with Crippen molar-refractivity contribution in [3.63, 3.8) is 0 Å². The molecule has 0 saturated carbocycles. The number of hydrogen-bond acceptors (Lipinski definition) is 7. The first-order valence-corrected chi connectivity index (χ1v) is 8.00. The van der Waals surface area contributed by atoms with Gasteiger partial charge in [-0.25, -0.2) is 9.97 Å². The minimum atomic E-state index is -0.677. The van der Waals surface area contributed by atoms with E-state index in [2.05, 4.69) is 25.9 Å². The van der Waals surface area contributed by atoms with Gasteiger partial charge in [-0.2, -0.15) is 0 Å². The van der Waals surface area contributed by atoms with E-state index in [4.69, 9.17) is 9.15 Å². The molecule has 1 atom stereocenters. The largest absolute Gasteiger partial charge is 0.458 e. The molecule has 1 fully saturated rings. The standard InChI is InChI=1S/C14H13BrN4O5/c15-9-6-16-14(17-7-9)23-10-2-1-5-18(8-10)13(20)11-3-4-12(24-11)19(21)22/h3-4,6-7,10H,1-2,5,8H2. The first kappa shape index (κ1) is 16.4. The number of piperidine rings is 1. The van der Waals surface area contributed by atoms with Crippen LogP contribution in [0.25, 0.3) is 0 Å². The van der Waals surface area contributed by atoms with Crippen molar-refractivity contribution in [2.45, 2.75) is 18.9 Å². The lowest BCUT2D eigenvalue weighted by Gasteiger charge is -2.31. The van der Waals surface area contributed by atoms with Crippen LogP contribution in [0.2, 0.25) is 0 Å². The summed E-state index contributed by atoms with van der Waals surface area (Å²) in [5.74, 6) is -0.901. The van der Waals surface area contributed by atoms with E-state index in [0.29, 0.717) is 13.1 Å². The number of rotatable bonds is 4. The number of nitro groups is 1. The maximum Gasteiger partial charge on any atom is 0.433 e. The minimum absolute atomic E-state index is 0.0535. The molecule has 0 aliphatic carbocycles. The lowest BCUT2D eigenvalue weighted by Crippen LogP contribution is -2.44. The highest BCUT2D eigenvalue weighted by Gasteiger charge is 2.29. The summed E-state index contributed by atoms with van der Waals surface area (Å²) in [6, 6.07) is 2.72. The summed E-state index contributed by atoms with van der Waals surface area (Å²) in [5, 5.41) is 10.6. The Hall–Kier alpha value is -2.49. The number of ether oxygens (including phenoxy) is 1. The molecular formula is C14H13BrN4O5. The van der Waals surface area contributed by atoms with Gasteiger partial charge in [0.1, 0.15) is 11.0 Å². The molecule has 0 spiro atoms. The number of amides is 1. The third-order valence-electron chi connectivity index (χ3n) is 3.52. The van der Waals surface area contributed by atoms with Crippen LogP contribution in [-0.4, -0.2) is 44.9 Å². The number of carbonyl (C=O) groups excluding carboxylic acids is 1. The number of nitrogens with zero attached hydrogens (tertiary/aromatic N) is 4. The fraction of sp³-hybridized carbons (Fsp3) is 0.357. The number of aromatic nitrogens is 2. The van der Waals surface area contributed by atoms with Gasteiger partial charge in [0.05, 0.1) is 17.1 Å². The lowest BCUT2D eigenvalue weighted by molar-refractivity contribution is -0.402. The van der Waals surface area contributed by atoms with Crippen molar-refractivity contribution in [1.82, 2.24) is 14.9 Å². The molecule has 0 bridgehead atoms. The Balaban J connectivity index is 1.64. The van der Waals surface area contributed by atoms with Crippen molar-refractivity contribution in [3.05, 3.63) is 44.9 Å². The zero-order valence-corrected chi connectivity index (χ0v) is 14.0. The fourth-order valence-corrected chi connectivity index (χ4v) is 2.63. The Bertz CT molecular complexity index is 748. The third kappa shape index (κ3) is 3.70. The van der Waals surface area contributed by atoms with Crippen LogP contribution in [0.3, 0.4) is 0 Å². The molecule has 1 unspecified atom stereocenters. The molecule has 2 aromatic rings. The fourth-order valence-electron chi connectivity index (χ4n) is 2.43. The smallest absolute Gasteiger partial charge is 0.433 e. The molecule has 24 heavy (non-hydrogen) atoms. The number of halogens is 1. The predicted octanol–water partition coefficient (Wildman–Crippen LogP) is 2.42. The van der Waals surface area contributed by atoms with Gasteiger partial charge in [0.2, 0.25) is 0 Å². The van der Waals surface area contributed by atoms with E-state index in [9.17, 15) is 14.9 Å². The topological polar surface area (TPSA) is 112 Å². The first-order valence-electron chi connectivity index (χ1n) is 7.20. The summed E-state index contributed by atoms with van der Waals surface area (Å²) in [5.41, 5.74) is 0. The van der Waals surface area contributed by atoms with Crippen molar-refractivity contribution >= 4 is 27.7 Å². The van der Waals surface area contributed by atoms with Crippen LogP contribution in [0.4, 0.5) is 5.88 Å². The second kappa shape index (κ2) is 6.95. The van der Waals surface area contributed by atoms with E-state index in [0.717, 1.165) is 17.3 Å². The Morgan fingerprint density at radius 3 is 2.83 bits per heavy atom. The Morgan fingerprint density at radius 1 is 1.42 bits per heavy atom. The van der Waals surface area contributed by atoms with Crippen molar-refractivity contribution in [1.29, 1.82) is 0 Å². The second-order valence-electron chi connectivity index (χ2n) is 5.21. The van der Waals surface area contributed by atoms with Gasteiger partial charge in [0.25, 0.3) is 5.91 Å². The monoisotopic (exact) mass is 396 g/mol. The molecule has 3 rings (SSSR count). The van der Waals surface area contributed by atoms with Crippen molar-refractivity contribution in [2.75, 3.05) is 13.1 Å². The van der Waals surface area contributed by atoms with E-state index in [-0.39, 0.29) is 17.9 Å². The highest BCUT2D eigenvalue weighted by molar-refractivity contribution is 9.10. The van der Waals surface area contributed by atoms with Crippen LogP contribution in [0, 0.1) is 10.1 Å². The van der Waals surface area contributed by atoms with Crippen LogP contribution >= 0.6 is 15.9 Å². The predicted molar refractivity (Wildman–Crippen MR) is 84.6 cm³/mol. The van der Waals surface area contributed by atoms with E-state index in [1.807, 2.05) is 0 Å². The summed E-state index contributed by atoms with van der Waals surface area (Å²) in [4.78, 5) is 32.0. The van der Waals surface area contributed by atoms with Crippen LogP contribution in [-0.2, 0) is 0 Å². The normalized spacial score (nSPS) is 17.5. The van der Waals surface area contributed by atoms with Gasteiger partial charge < -0.3 is 14.1 Å². The molecule has 0 aromatic carbocycles. The van der Waals surface area contributed by atoms with E-state index in [1.54, 1.807) is 17.3 Å². The van der Waals surface area contributed by atoms with E-state index < -0.39 is 16.7 Å². The molecule has 1 aliphatic heterocycles. The van der Waals surface area contributed by atoms with Crippen LogP contribution in [0.15, 0.2) is 33.4 Å². The number of likely N-dealkylation sites (tertiary alicyclic amines) is 1. The maximum absolute atomic E-state index is 12.4. The van der Waals surface area contributed by atoms with Crippen LogP contribution in [0.5, 0.6) is 6.01 Å². The number of furan rings is 1. The molecule has 0 N–H and O–H groups in total. The molecular weight excluding hydrogens is 384 g/mol. The van der Waals surface area contributed by atoms with Crippen molar-refractivity contribution in [2.24, 2.45) is 0 Å². The zero-order chi connectivity index (χ0) is 17.1. The third-order valence-corrected chi connectivity index (χ3v) is 3.93. The van der Waals surface area contributed by atoms with Gasteiger partial charge in [0, 0.05) is 18.9 Å². The average Bonchev–Trinajstić information content (AvgIpc) is 3.07. The van der Waals surface area contributed by atoms with Gasteiger partial charge in [0.15, 0.2) is 5.76 Å². The zero-order valence-electron chi connectivity index (χ0n) is 12.4. The van der Waals surface area contributed by atoms with Crippen molar-refractivity contribution in [3.8, 4) is 6.01 Å². The van der Waals surface area contributed by atoms with Gasteiger partial charge in [-0.1, -0.05) is 0 Å². The Labute approximate surface area is 144 Å². The maximum atomic E-state index is 12.4. The summed E-state index contributed by atoms with van der Waals surface area (Å²) < 4.78 is 11.4. The van der Waals surface area contributed by atoms with Gasteiger partial charge >= 0.3 is 11.9 Å². The molecule has 2 aromatic heterocycles. The molecule has 10 heteroatoms. The number of carbonyl (C=O) groups is 1. The Kier molecular flexibility index (Phi) is 4.74. The summed E-state index contributed by atoms with van der Waals surface area (Å²) in [7, 11) is 0. The van der Waals surface area contributed by atoms with Crippen LogP contribution in [0.1, 0.15) is 23.4 Å². The Morgan fingerprint density at radius 2 is 2.17 bits per heavy atom. The second-order valence-corrected chi connectivity index (χ2v) is 6.13. The van der Waals surface area contributed by atoms with Crippen LogP contribution < -0.4 is 4.74 Å². The minimum Gasteiger partial charge on any atom is -0.458 e. The van der Waals surface area contributed by atoms with Crippen molar-refractivity contribution < 1.29 is 18.9 Å². The molecule has 1 aliphatic rings. The van der Waals surface area contributed by atoms with Gasteiger partial charge in [-0.3, -0.25) is 14.9 Å². The molecule has 0 radical (unpaired) electrons. The molecule has 126 valence electrons.